The fraction of sp³-hybridized carbons (Fsp3) is 0.636. The van der Waals surface area contributed by atoms with Gasteiger partial charge in [0.25, 0.3) is 0 Å². The number of piperidine rings is 1. The summed E-state index contributed by atoms with van der Waals surface area (Å²) in [6.07, 6.45) is 6.90. The van der Waals surface area contributed by atoms with Crippen molar-refractivity contribution in [1.82, 2.24) is 10.3 Å². The van der Waals surface area contributed by atoms with Crippen LogP contribution in [-0.2, 0) is 0 Å². The Kier molecular flexibility index (Phi) is 3.22. The van der Waals surface area contributed by atoms with Gasteiger partial charge >= 0.3 is 0 Å². The Hall–Kier alpha value is -0.800. The normalized spacial score (nSPS) is 24.8. The van der Waals surface area contributed by atoms with Crippen LogP contribution < -0.4 is 11.1 Å². The van der Waals surface area contributed by atoms with Gasteiger partial charge in [0.1, 0.15) is 0 Å². The molecule has 2 rings (SSSR count). The highest BCUT2D eigenvalue weighted by Crippen LogP contribution is 2.18. The zero-order valence-electron chi connectivity index (χ0n) is 8.50. The number of aromatic nitrogens is 1. The summed E-state index contributed by atoms with van der Waals surface area (Å²) in [5.74, 6) is 0. The Balaban J connectivity index is 1.84. The van der Waals surface area contributed by atoms with Gasteiger partial charge in [0.2, 0.25) is 0 Å². The van der Waals surface area contributed by atoms with E-state index in [0.29, 0.717) is 6.04 Å². The van der Waals surface area contributed by atoms with Crippen molar-refractivity contribution in [2.45, 2.75) is 37.8 Å². The SMILES string of the molecule is NC(CC1CCCCN1)c1ccc[nH]1. The molecule has 78 valence electrons. The van der Waals surface area contributed by atoms with Gasteiger partial charge < -0.3 is 16.0 Å². The van der Waals surface area contributed by atoms with Crippen LogP contribution in [0.2, 0.25) is 0 Å². The summed E-state index contributed by atoms with van der Waals surface area (Å²) in [6, 6.07) is 4.83. The first-order chi connectivity index (χ1) is 6.86. The van der Waals surface area contributed by atoms with E-state index in [0.717, 1.165) is 18.7 Å². The van der Waals surface area contributed by atoms with Crippen molar-refractivity contribution in [3.8, 4) is 0 Å². The quantitative estimate of drug-likeness (QED) is 0.682. The fourth-order valence-electron chi connectivity index (χ4n) is 2.13. The summed E-state index contributed by atoms with van der Waals surface area (Å²) < 4.78 is 0. The van der Waals surface area contributed by atoms with Gasteiger partial charge in [-0.15, -0.1) is 0 Å². The van der Waals surface area contributed by atoms with Crippen molar-refractivity contribution < 1.29 is 0 Å². The maximum Gasteiger partial charge on any atom is 0.0462 e. The Bertz CT molecular complexity index is 250. The Morgan fingerprint density at radius 2 is 2.43 bits per heavy atom. The molecule has 0 aromatic carbocycles. The molecule has 2 atom stereocenters. The first kappa shape index (κ1) is 9.74. The first-order valence-corrected chi connectivity index (χ1v) is 5.48. The van der Waals surface area contributed by atoms with Gasteiger partial charge in [-0.1, -0.05) is 6.42 Å². The number of rotatable bonds is 3. The van der Waals surface area contributed by atoms with E-state index in [2.05, 4.69) is 16.4 Å². The van der Waals surface area contributed by atoms with Crippen LogP contribution in [0.25, 0.3) is 0 Å². The van der Waals surface area contributed by atoms with Crippen LogP contribution in [0, 0.1) is 0 Å². The smallest absolute Gasteiger partial charge is 0.0462 e. The molecule has 3 heteroatoms. The van der Waals surface area contributed by atoms with Crippen LogP contribution in [0.4, 0.5) is 0 Å². The molecule has 1 fully saturated rings. The number of hydrogen-bond acceptors (Lipinski definition) is 2. The fourth-order valence-corrected chi connectivity index (χ4v) is 2.13. The van der Waals surface area contributed by atoms with Gasteiger partial charge in [0, 0.05) is 24.0 Å². The zero-order valence-corrected chi connectivity index (χ0v) is 8.50. The summed E-state index contributed by atoms with van der Waals surface area (Å²) in [6.45, 7) is 1.15. The van der Waals surface area contributed by atoms with Gasteiger partial charge in [0.15, 0.2) is 0 Å². The number of H-pyrrole nitrogens is 1. The number of nitrogens with two attached hydrogens (primary N) is 1. The summed E-state index contributed by atoms with van der Waals surface area (Å²) >= 11 is 0. The van der Waals surface area contributed by atoms with Crippen LogP contribution in [0.5, 0.6) is 0 Å². The standard InChI is InChI=1S/C11H19N3/c12-10(11-5-3-7-14-11)8-9-4-1-2-6-13-9/h3,5,7,9-10,13-14H,1-2,4,6,8,12H2. The molecular formula is C11H19N3. The highest BCUT2D eigenvalue weighted by atomic mass is 14.9. The topological polar surface area (TPSA) is 53.8 Å². The second kappa shape index (κ2) is 4.62. The maximum absolute atomic E-state index is 6.10. The van der Waals surface area contributed by atoms with E-state index in [1.54, 1.807) is 0 Å². The molecule has 2 heterocycles. The lowest BCUT2D eigenvalue weighted by Gasteiger charge is -2.25. The van der Waals surface area contributed by atoms with Gasteiger partial charge in [-0.2, -0.15) is 0 Å². The number of hydrogen-bond donors (Lipinski definition) is 3. The third-order valence-corrected chi connectivity index (χ3v) is 2.97. The highest BCUT2D eigenvalue weighted by molar-refractivity contribution is 5.08. The highest BCUT2D eigenvalue weighted by Gasteiger charge is 2.17. The van der Waals surface area contributed by atoms with Crippen molar-refractivity contribution in [3.63, 3.8) is 0 Å². The molecule has 0 saturated carbocycles. The minimum absolute atomic E-state index is 0.153. The minimum atomic E-state index is 0.153. The van der Waals surface area contributed by atoms with Crippen molar-refractivity contribution >= 4 is 0 Å². The molecule has 0 radical (unpaired) electrons. The summed E-state index contributed by atoms with van der Waals surface area (Å²) in [7, 11) is 0. The van der Waals surface area contributed by atoms with Crippen LogP contribution in [0.1, 0.15) is 37.4 Å². The lowest BCUT2D eigenvalue weighted by atomic mass is 9.97. The second-order valence-electron chi connectivity index (χ2n) is 4.11. The van der Waals surface area contributed by atoms with Crippen molar-refractivity contribution in [2.24, 2.45) is 5.73 Å². The molecule has 0 amide bonds. The third kappa shape index (κ3) is 2.36. The van der Waals surface area contributed by atoms with Gasteiger partial charge in [-0.25, -0.2) is 0 Å². The number of aromatic amines is 1. The molecule has 0 bridgehead atoms. The lowest BCUT2D eigenvalue weighted by molar-refractivity contribution is 0.360. The molecule has 1 aliphatic rings. The minimum Gasteiger partial charge on any atom is -0.364 e. The van der Waals surface area contributed by atoms with Crippen LogP contribution in [-0.4, -0.2) is 17.6 Å². The summed E-state index contributed by atoms with van der Waals surface area (Å²) in [5, 5.41) is 3.52. The van der Waals surface area contributed by atoms with E-state index >= 15 is 0 Å². The maximum atomic E-state index is 6.10. The molecule has 1 aromatic rings. The molecule has 1 aliphatic heterocycles. The largest absolute Gasteiger partial charge is 0.364 e. The molecule has 14 heavy (non-hydrogen) atoms. The number of nitrogens with one attached hydrogen (secondary N) is 2. The van der Waals surface area contributed by atoms with Gasteiger partial charge in [0.05, 0.1) is 0 Å². The van der Waals surface area contributed by atoms with Crippen molar-refractivity contribution in [3.05, 3.63) is 24.0 Å². The Morgan fingerprint density at radius 1 is 1.50 bits per heavy atom. The van der Waals surface area contributed by atoms with E-state index in [9.17, 15) is 0 Å². The van der Waals surface area contributed by atoms with Crippen LogP contribution >= 0.6 is 0 Å². The summed E-state index contributed by atoms with van der Waals surface area (Å²) in [5.41, 5.74) is 7.25. The predicted octanol–water partition coefficient (Wildman–Crippen LogP) is 1.55. The second-order valence-corrected chi connectivity index (χ2v) is 4.11. The lowest BCUT2D eigenvalue weighted by Crippen LogP contribution is -2.36. The molecule has 1 aromatic heterocycles. The average Bonchev–Trinajstić information content (AvgIpc) is 2.72. The zero-order chi connectivity index (χ0) is 9.80. The molecule has 0 spiro atoms. The van der Waals surface area contributed by atoms with Crippen LogP contribution in [0.15, 0.2) is 18.3 Å². The van der Waals surface area contributed by atoms with E-state index in [-0.39, 0.29) is 6.04 Å². The van der Waals surface area contributed by atoms with Crippen molar-refractivity contribution in [2.75, 3.05) is 6.54 Å². The van der Waals surface area contributed by atoms with Gasteiger partial charge in [-0.3, -0.25) is 0 Å². The first-order valence-electron chi connectivity index (χ1n) is 5.48. The van der Waals surface area contributed by atoms with E-state index in [1.807, 2.05) is 12.3 Å². The Morgan fingerprint density at radius 3 is 3.07 bits per heavy atom. The summed E-state index contributed by atoms with van der Waals surface area (Å²) in [4.78, 5) is 3.17. The van der Waals surface area contributed by atoms with E-state index in [4.69, 9.17) is 5.73 Å². The Labute approximate surface area is 85.1 Å². The molecular weight excluding hydrogens is 174 g/mol. The van der Waals surface area contributed by atoms with Crippen molar-refractivity contribution in [1.29, 1.82) is 0 Å². The predicted molar refractivity (Wildman–Crippen MR) is 58.0 cm³/mol. The molecule has 2 unspecified atom stereocenters. The van der Waals surface area contributed by atoms with Crippen LogP contribution in [0.3, 0.4) is 0 Å². The van der Waals surface area contributed by atoms with Gasteiger partial charge in [-0.05, 0) is 37.9 Å². The van der Waals surface area contributed by atoms with E-state index in [1.165, 1.54) is 19.3 Å². The molecule has 3 nitrogen and oxygen atoms in total. The monoisotopic (exact) mass is 193 g/mol. The third-order valence-electron chi connectivity index (χ3n) is 2.97. The van der Waals surface area contributed by atoms with E-state index < -0.39 is 0 Å². The molecule has 0 aliphatic carbocycles. The molecule has 4 N–H and O–H groups in total. The average molecular weight is 193 g/mol. The molecule has 1 saturated heterocycles.